The van der Waals surface area contributed by atoms with Crippen molar-refractivity contribution in [2.24, 2.45) is 0 Å². The predicted molar refractivity (Wildman–Crippen MR) is 77.5 cm³/mol. The minimum absolute atomic E-state index is 0.116. The number of anilines is 1. The number of aryl methyl sites for hydroxylation is 1. The van der Waals surface area contributed by atoms with Crippen LogP contribution in [-0.4, -0.2) is 24.0 Å². The lowest BCUT2D eigenvalue weighted by Gasteiger charge is -2.13. The van der Waals surface area contributed by atoms with Gasteiger partial charge < -0.3 is 5.11 Å². The fourth-order valence-electron chi connectivity index (χ4n) is 1.92. The van der Waals surface area contributed by atoms with Gasteiger partial charge in [0, 0.05) is 23.9 Å². The van der Waals surface area contributed by atoms with Gasteiger partial charge in [-0.2, -0.15) is 0 Å². The standard InChI is InChI=1S/C16H15NO3/c1-11-5-3-6-12(9-11)15(18)13-7-4-8-14(10-13)17(2)16(19)20/h3-10H,1-2H3,(H,19,20). The van der Waals surface area contributed by atoms with Crippen molar-refractivity contribution in [3.05, 3.63) is 65.2 Å². The largest absolute Gasteiger partial charge is 0.465 e. The molecule has 0 aliphatic carbocycles. The summed E-state index contributed by atoms with van der Waals surface area (Å²) in [4.78, 5) is 24.4. The van der Waals surface area contributed by atoms with Crippen molar-refractivity contribution in [3.8, 4) is 0 Å². The fourth-order valence-corrected chi connectivity index (χ4v) is 1.92. The number of carboxylic acid groups (broad SMARTS) is 1. The molecule has 0 atom stereocenters. The molecule has 0 aliphatic rings. The molecule has 102 valence electrons. The molecule has 0 radical (unpaired) electrons. The number of amides is 1. The van der Waals surface area contributed by atoms with Gasteiger partial charge in [0.25, 0.3) is 0 Å². The van der Waals surface area contributed by atoms with Crippen molar-refractivity contribution >= 4 is 17.6 Å². The molecule has 0 aromatic heterocycles. The Hall–Kier alpha value is -2.62. The molecule has 0 saturated carbocycles. The van der Waals surface area contributed by atoms with Crippen molar-refractivity contribution in [1.82, 2.24) is 0 Å². The van der Waals surface area contributed by atoms with Crippen molar-refractivity contribution in [1.29, 1.82) is 0 Å². The zero-order chi connectivity index (χ0) is 14.7. The Kier molecular flexibility index (Phi) is 3.84. The Bertz CT molecular complexity index is 664. The van der Waals surface area contributed by atoms with Gasteiger partial charge in [0.15, 0.2) is 5.78 Å². The third-order valence-electron chi connectivity index (χ3n) is 3.06. The van der Waals surface area contributed by atoms with Crippen LogP contribution in [0, 0.1) is 6.92 Å². The van der Waals surface area contributed by atoms with Gasteiger partial charge in [-0.15, -0.1) is 0 Å². The Morgan fingerprint density at radius 2 is 1.60 bits per heavy atom. The van der Waals surface area contributed by atoms with Crippen LogP contribution in [0.2, 0.25) is 0 Å². The lowest BCUT2D eigenvalue weighted by atomic mass is 10.0. The van der Waals surface area contributed by atoms with Crippen molar-refractivity contribution in [3.63, 3.8) is 0 Å². The van der Waals surface area contributed by atoms with Crippen LogP contribution in [0.15, 0.2) is 48.5 Å². The van der Waals surface area contributed by atoms with Crippen LogP contribution >= 0.6 is 0 Å². The number of carbonyl (C=O) groups excluding carboxylic acids is 1. The van der Waals surface area contributed by atoms with E-state index < -0.39 is 6.09 Å². The molecule has 2 aromatic carbocycles. The minimum Gasteiger partial charge on any atom is -0.465 e. The van der Waals surface area contributed by atoms with Crippen LogP contribution in [0.25, 0.3) is 0 Å². The first-order valence-electron chi connectivity index (χ1n) is 6.17. The Morgan fingerprint density at radius 1 is 1.00 bits per heavy atom. The molecule has 1 N–H and O–H groups in total. The van der Waals surface area contributed by atoms with Crippen LogP contribution in [-0.2, 0) is 0 Å². The first kappa shape index (κ1) is 13.8. The lowest BCUT2D eigenvalue weighted by molar-refractivity contribution is 0.103. The number of ketones is 1. The molecule has 0 unspecified atom stereocenters. The van der Waals surface area contributed by atoms with Crippen molar-refractivity contribution in [2.45, 2.75) is 6.92 Å². The average molecular weight is 269 g/mol. The highest BCUT2D eigenvalue weighted by atomic mass is 16.4. The van der Waals surface area contributed by atoms with Crippen molar-refractivity contribution < 1.29 is 14.7 Å². The monoisotopic (exact) mass is 269 g/mol. The summed E-state index contributed by atoms with van der Waals surface area (Å²) in [7, 11) is 1.44. The van der Waals surface area contributed by atoms with Crippen LogP contribution in [0.4, 0.5) is 10.5 Å². The first-order valence-corrected chi connectivity index (χ1v) is 6.17. The van der Waals surface area contributed by atoms with Gasteiger partial charge in [0.1, 0.15) is 0 Å². The van der Waals surface area contributed by atoms with Gasteiger partial charge in [-0.25, -0.2) is 4.79 Å². The molecule has 1 amide bonds. The summed E-state index contributed by atoms with van der Waals surface area (Å²) in [6.07, 6.45) is -1.06. The van der Waals surface area contributed by atoms with Crippen LogP contribution in [0.5, 0.6) is 0 Å². The van der Waals surface area contributed by atoms with E-state index in [0.717, 1.165) is 10.5 Å². The molecule has 2 rings (SSSR count). The summed E-state index contributed by atoms with van der Waals surface area (Å²) < 4.78 is 0. The molecule has 0 aliphatic heterocycles. The third kappa shape index (κ3) is 2.85. The van der Waals surface area contributed by atoms with E-state index in [2.05, 4.69) is 0 Å². The highest BCUT2D eigenvalue weighted by molar-refractivity contribution is 6.09. The van der Waals surface area contributed by atoms with E-state index in [9.17, 15) is 9.59 Å². The second-order valence-corrected chi connectivity index (χ2v) is 4.59. The van der Waals surface area contributed by atoms with Gasteiger partial charge in [-0.1, -0.05) is 35.9 Å². The van der Waals surface area contributed by atoms with Gasteiger partial charge >= 0.3 is 6.09 Å². The molecule has 0 fully saturated rings. The summed E-state index contributed by atoms with van der Waals surface area (Å²) in [6, 6.07) is 13.9. The fraction of sp³-hybridized carbons (Fsp3) is 0.125. The molecular formula is C16H15NO3. The summed E-state index contributed by atoms with van der Waals surface area (Å²) in [5.74, 6) is -0.116. The first-order chi connectivity index (χ1) is 9.49. The van der Waals surface area contributed by atoms with E-state index in [0.29, 0.717) is 16.8 Å². The summed E-state index contributed by atoms with van der Waals surface area (Å²) in [6.45, 7) is 1.92. The quantitative estimate of drug-likeness (QED) is 0.869. The van der Waals surface area contributed by atoms with Gasteiger partial charge in [0.05, 0.1) is 0 Å². The second-order valence-electron chi connectivity index (χ2n) is 4.59. The Morgan fingerprint density at radius 3 is 2.20 bits per heavy atom. The maximum atomic E-state index is 12.4. The van der Waals surface area contributed by atoms with E-state index in [-0.39, 0.29) is 5.78 Å². The Labute approximate surface area is 117 Å². The number of rotatable bonds is 3. The number of hydrogen-bond acceptors (Lipinski definition) is 2. The smallest absolute Gasteiger partial charge is 0.411 e. The zero-order valence-corrected chi connectivity index (χ0v) is 11.3. The average Bonchev–Trinajstić information content (AvgIpc) is 2.45. The predicted octanol–water partition coefficient (Wildman–Crippen LogP) is 3.34. The maximum absolute atomic E-state index is 12.4. The molecule has 0 spiro atoms. The molecule has 4 nitrogen and oxygen atoms in total. The highest BCUT2D eigenvalue weighted by Crippen LogP contribution is 2.18. The normalized spacial score (nSPS) is 10.1. The van der Waals surface area contributed by atoms with Gasteiger partial charge in [0.2, 0.25) is 0 Å². The highest BCUT2D eigenvalue weighted by Gasteiger charge is 2.13. The molecular weight excluding hydrogens is 254 g/mol. The van der Waals surface area contributed by atoms with E-state index in [1.165, 1.54) is 7.05 Å². The zero-order valence-electron chi connectivity index (χ0n) is 11.3. The van der Waals surface area contributed by atoms with Crippen LogP contribution in [0.1, 0.15) is 21.5 Å². The number of benzene rings is 2. The minimum atomic E-state index is -1.06. The number of carbonyl (C=O) groups is 2. The molecule has 0 heterocycles. The van der Waals surface area contributed by atoms with Crippen LogP contribution < -0.4 is 4.90 Å². The molecule has 0 saturated heterocycles. The molecule has 4 heteroatoms. The summed E-state index contributed by atoms with van der Waals surface area (Å²) in [5.41, 5.74) is 2.55. The van der Waals surface area contributed by atoms with E-state index in [1.807, 2.05) is 25.1 Å². The number of hydrogen-bond donors (Lipinski definition) is 1. The number of nitrogens with zero attached hydrogens (tertiary/aromatic N) is 1. The maximum Gasteiger partial charge on any atom is 0.411 e. The van der Waals surface area contributed by atoms with Crippen molar-refractivity contribution in [2.75, 3.05) is 11.9 Å². The van der Waals surface area contributed by atoms with Crippen LogP contribution in [0.3, 0.4) is 0 Å². The second kappa shape index (κ2) is 5.57. The molecule has 2 aromatic rings. The summed E-state index contributed by atoms with van der Waals surface area (Å²) >= 11 is 0. The lowest BCUT2D eigenvalue weighted by Crippen LogP contribution is -2.23. The Balaban J connectivity index is 2.36. The van der Waals surface area contributed by atoms with E-state index >= 15 is 0 Å². The third-order valence-corrected chi connectivity index (χ3v) is 3.06. The van der Waals surface area contributed by atoms with E-state index in [4.69, 9.17) is 5.11 Å². The van der Waals surface area contributed by atoms with Gasteiger partial charge in [-0.3, -0.25) is 9.69 Å². The van der Waals surface area contributed by atoms with E-state index in [1.54, 1.807) is 30.3 Å². The molecule has 0 bridgehead atoms. The molecule has 20 heavy (non-hydrogen) atoms. The van der Waals surface area contributed by atoms with Gasteiger partial charge in [-0.05, 0) is 25.1 Å². The topological polar surface area (TPSA) is 57.6 Å². The summed E-state index contributed by atoms with van der Waals surface area (Å²) in [5, 5.41) is 8.96. The SMILES string of the molecule is Cc1cccc(C(=O)c2cccc(N(C)C(=O)O)c2)c1.